The number of carbonyl (C=O) groups is 1. The van der Waals surface area contributed by atoms with Crippen LogP contribution in [0.5, 0.6) is 0 Å². The highest BCUT2D eigenvalue weighted by molar-refractivity contribution is 7.99. The Hall–Kier alpha value is -2.58. The number of rotatable bonds is 0. The third-order valence-electron chi connectivity index (χ3n) is 5.86. The van der Waals surface area contributed by atoms with Gasteiger partial charge in [0.2, 0.25) is 0 Å². The van der Waals surface area contributed by atoms with Crippen LogP contribution >= 0.6 is 11.8 Å². The molecule has 124 valence electrons. The summed E-state index contributed by atoms with van der Waals surface area (Å²) in [6.07, 6.45) is 8.32. The molecule has 0 N–H and O–H groups in total. The van der Waals surface area contributed by atoms with Gasteiger partial charge in [-0.3, -0.25) is 4.79 Å². The summed E-state index contributed by atoms with van der Waals surface area (Å²) < 4.78 is 0. The van der Waals surface area contributed by atoms with Crippen LogP contribution < -0.4 is 0 Å². The van der Waals surface area contributed by atoms with Crippen molar-refractivity contribution in [1.29, 1.82) is 0 Å². The van der Waals surface area contributed by atoms with Gasteiger partial charge in [-0.15, -0.1) is 0 Å². The summed E-state index contributed by atoms with van der Waals surface area (Å²) in [5.41, 5.74) is 6.00. The molecule has 1 nitrogen and oxygen atoms in total. The summed E-state index contributed by atoms with van der Waals surface area (Å²) in [6, 6.07) is 15.4. The molecular weight excluding hydrogens is 336 g/mol. The molecule has 2 heteroatoms. The van der Waals surface area contributed by atoms with Gasteiger partial charge in [0.1, 0.15) is 0 Å². The molecule has 3 aliphatic rings. The van der Waals surface area contributed by atoms with E-state index in [1.807, 2.05) is 17.8 Å². The van der Waals surface area contributed by atoms with Crippen LogP contribution in [0.25, 0.3) is 21.9 Å². The molecule has 2 aliphatic carbocycles. The van der Waals surface area contributed by atoms with Crippen molar-refractivity contribution in [3.05, 3.63) is 83.5 Å². The van der Waals surface area contributed by atoms with Crippen molar-refractivity contribution in [2.75, 3.05) is 0 Å². The van der Waals surface area contributed by atoms with E-state index in [4.69, 9.17) is 0 Å². The Morgan fingerprint density at radius 3 is 2.42 bits per heavy atom. The number of hydrogen-bond donors (Lipinski definition) is 0. The van der Waals surface area contributed by atoms with E-state index in [0.717, 1.165) is 5.56 Å². The Morgan fingerprint density at radius 1 is 0.769 bits per heavy atom. The van der Waals surface area contributed by atoms with Gasteiger partial charge in [0.25, 0.3) is 0 Å². The summed E-state index contributed by atoms with van der Waals surface area (Å²) in [5, 5.41) is 2.43. The van der Waals surface area contributed by atoms with E-state index >= 15 is 0 Å². The molecule has 1 aliphatic heterocycles. The Labute approximate surface area is 156 Å². The predicted octanol–water partition coefficient (Wildman–Crippen LogP) is 6.30. The standard InChI is InChI=1S/C24H16OS/c1-13-6-10-20-19(12-13)16-7-8-18-22-15(9-11-21(26-20)23(16)22)14-4-2-3-5-17(14)24(18)25/h2-12,14,17H,1H3. The topological polar surface area (TPSA) is 17.1 Å². The predicted molar refractivity (Wildman–Crippen MR) is 107 cm³/mol. The van der Waals surface area contributed by atoms with Crippen molar-refractivity contribution in [3.63, 3.8) is 0 Å². The Bertz CT molecular complexity index is 1200. The highest BCUT2D eigenvalue weighted by Crippen LogP contribution is 2.52. The van der Waals surface area contributed by atoms with E-state index in [2.05, 4.69) is 67.6 Å². The van der Waals surface area contributed by atoms with Gasteiger partial charge in [-0.25, -0.2) is 0 Å². The van der Waals surface area contributed by atoms with E-state index in [-0.39, 0.29) is 17.6 Å². The second kappa shape index (κ2) is 4.99. The van der Waals surface area contributed by atoms with Gasteiger partial charge in [-0.05, 0) is 41.1 Å². The second-order valence-electron chi connectivity index (χ2n) is 7.35. The first-order valence-corrected chi connectivity index (χ1v) is 9.82. The molecule has 2 unspecified atom stereocenters. The highest BCUT2D eigenvalue weighted by Gasteiger charge is 2.36. The molecule has 3 aromatic carbocycles. The minimum atomic E-state index is -0.0578. The lowest BCUT2D eigenvalue weighted by Crippen LogP contribution is -2.26. The van der Waals surface area contributed by atoms with Gasteiger partial charge < -0.3 is 0 Å². The number of allylic oxidation sites excluding steroid dienone is 4. The highest BCUT2D eigenvalue weighted by atomic mass is 32.2. The van der Waals surface area contributed by atoms with Crippen molar-refractivity contribution >= 4 is 28.3 Å². The molecule has 0 spiro atoms. The molecule has 6 rings (SSSR count). The Morgan fingerprint density at radius 2 is 1.54 bits per heavy atom. The zero-order valence-corrected chi connectivity index (χ0v) is 15.1. The minimum absolute atomic E-state index is 0.0578. The van der Waals surface area contributed by atoms with Crippen LogP contribution in [-0.2, 0) is 0 Å². The molecule has 0 saturated carbocycles. The van der Waals surface area contributed by atoms with Gasteiger partial charge in [0.15, 0.2) is 5.78 Å². The van der Waals surface area contributed by atoms with Crippen LogP contribution in [0.15, 0.2) is 76.6 Å². The smallest absolute Gasteiger partial charge is 0.171 e. The van der Waals surface area contributed by atoms with Gasteiger partial charge in [0, 0.05) is 26.7 Å². The van der Waals surface area contributed by atoms with Crippen LogP contribution in [0.2, 0.25) is 0 Å². The lowest BCUT2D eigenvalue weighted by molar-refractivity contribution is 0.0934. The third-order valence-corrected chi connectivity index (χ3v) is 7.00. The fraction of sp³-hybridized carbons (Fsp3) is 0.125. The monoisotopic (exact) mass is 352 g/mol. The summed E-state index contributed by atoms with van der Waals surface area (Å²) >= 11 is 1.82. The maximum Gasteiger partial charge on any atom is 0.171 e. The lowest BCUT2D eigenvalue weighted by Gasteiger charge is -2.33. The molecular formula is C24H16OS. The summed E-state index contributed by atoms with van der Waals surface area (Å²) in [6.45, 7) is 2.14. The van der Waals surface area contributed by atoms with Crippen LogP contribution in [0, 0.1) is 12.8 Å². The summed E-state index contributed by atoms with van der Waals surface area (Å²) in [4.78, 5) is 15.7. The first-order chi connectivity index (χ1) is 12.7. The molecule has 2 atom stereocenters. The number of benzene rings is 3. The second-order valence-corrected chi connectivity index (χ2v) is 8.43. The third kappa shape index (κ3) is 1.75. The molecule has 3 aromatic rings. The summed E-state index contributed by atoms with van der Waals surface area (Å²) in [5.74, 6) is 0.359. The van der Waals surface area contributed by atoms with Crippen LogP contribution in [0.1, 0.15) is 27.4 Å². The minimum Gasteiger partial charge on any atom is -0.293 e. The maximum atomic E-state index is 13.2. The molecule has 0 saturated heterocycles. The first-order valence-electron chi connectivity index (χ1n) is 9.00. The number of hydrogen-bond acceptors (Lipinski definition) is 2. The van der Waals surface area contributed by atoms with Crippen LogP contribution in [-0.4, -0.2) is 5.78 Å². The first kappa shape index (κ1) is 14.6. The number of ketones is 1. The number of Topliss-reactive ketones (excluding diaryl/α,β-unsaturated/α-hetero) is 1. The molecule has 0 fully saturated rings. The van der Waals surface area contributed by atoms with Crippen molar-refractivity contribution in [2.45, 2.75) is 22.6 Å². The van der Waals surface area contributed by atoms with Crippen molar-refractivity contribution in [1.82, 2.24) is 0 Å². The molecule has 0 amide bonds. The van der Waals surface area contributed by atoms with Crippen LogP contribution in [0.4, 0.5) is 0 Å². The number of fused-ring (bicyclic) bond motifs is 4. The van der Waals surface area contributed by atoms with Gasteiger partial charge >= 0.3 is 0 Å². The van der Waals surface area contributed by atoms with Crippen molar-refractivity contribution in [3.8, 4) is 11.1 Å². The van der Waals surface area contributed by atoms with E-state index in [9.17, 15) is 4.79 Å². The maximum absolute atomic E-state index is 13.2. The Balaban J connectivity index is 1.75. The van der Waals surface area contributed by atoms with E-state index < -0.39 is 0 Å². The largest absolute Gasteiger partial charge is 0.293 e. The van der Waals surface area contributed by atoms with E-state index in [0.29, 0.717) is 0 Å². The fourth-order valence-corrected chi connectivity index (χ4v) is 5.78. The van der Waals surface area contributed by atoms with Gasteiger partial charge in [-0.1, -0.05) is 72.0 Å². The molecule has 0 aromatic heterocycles. The van der Waals surface area contributed by atoms with Gasteiger partial charge in [0.05, 0.1) is 5.92 Å². The molecule has 26 heavy (non-hydrogen) atoms. The number of aryl methyl sites for hydroxylation is 1. The lowest BCUT2D eigenvalue weighted by atomic mass is 9.71. The Kier molecular flexibility index (Phi) is 2.80. The molecule has 0 bridgehead atoms. The normalized spacial score (nSPS) is 21.7. The zero-order chi connectivity index (χ0) is 17.4. The average Bonchev–Trinajstić information content (AvgIpc) is 2.68. The SMILES string of the molecule is Cc1ccc2c(c1)-c1ccc3c4c(ccc(c14)S2)C1C=CC=CC1C3=O. The molecule has 0 radical (unpaired) electrons. The quantitative estimate of drug-likeness (QED) is 0.369. The fourth-order valence-electron chi connectivity index (χ4n) is 4.68. The van der Waals surface area contributed by atoms with Crippen molar-refractivity contribution in [2.24, 2.45) is 5.92 Å². The average molecular weight is 352 g/mol. The summed E-state index contributed by atoms with van der Waals surface area (Å²) in [7, 11) is 0. The zero-order valence-electron chi connectivity index (χ0n) is 14.3. The van der Waals surface area contributed by atoms with Crippen LogP contribution in [0.3, 0.4) is 0 Å². The van der Waals surface area contributed by atoms with Gasteiger partial charge in [-0.2, -0.15) is 0 Å². The van der Waals surface area contributed by atoms with Crippen molar-refractivity contribution < 1.29 is 4.79 Å². The number of carbonyl (C=O) groups excluding carboxylic acids is 1. The molecule has 1 heterocycles. The van der Waals surface area contributed by atoms with E-state index in [1.165, 1.54) is 42.8 Å². The van der Waals surface area contributed by atoms with E-state index in [1.54, 1.807) is 0 Å².